The Bertz CT molecular complexity index is 445. The molecule has 0 bridgehead atoms. The van der Waals surface area contributed by atoms with Crippen molar-refractivity contribution in [2.24, 2.45) is 5.41 Å². The Kier molecular flexibility index (Phi) is 8.90. The Balaban J connectivity index is 4.74. The molecule has 8 nitrogen and oxygen atoms in total. The first kappa shape index (κ1) is 20.9. The van der Waals surface area contributed by atoms with Gasteiger partial charge < -0.3 is 19.5 Å². The minimum atomic E-state index is -1.15. The van der Waals surface area contributed by atoms with E-state index >= 15 is 0 Å². The third-order valence-electron chi connectivity index (χ3n) is 2.81. The summed E-state index contributed by atoms with van der Waals surface area (Å²) in [7, 11) is 0. The molecule has 23 heavy (non-hydrogen) atoms. The monoisotopic (exact) mass is 331 g/mol. The Morgan fingerprint density at radius 3 is 2.13 bits per heavy atom. The molecule has 0 aromatic rings. The minimum absolute atomic E-state index is 0.0107. The maximum atomic E-state index is 12.2. The molecule has 1 amide bonds. The van der Waals surface area contributed by atoms with Crippen molar-refractivity contribution in [3.63, 3.8) is 0 Å². The quantitative estimate of drug-likeness (QED) is 0.486. The summed E-state index contributed by atoms with van der Waals surface area (Å²) < 4.78 is 14.7. The summed E-state index contributed by atoms with van der Waals surface area (Å²) in [5.41, 5.74) is -0.925. The van der Waals surface area contributed by atoms with Crippen LogP contribution in [-0.4, -0.2) is 49.7 Å². The van der Waals surface area contributed by atoms with E-state index < -0.39 is 35.3 Å². The lowest BCUT2D eigenvalue weighted by molar-refractivity contribution is -0.166. The van der Waals surface area contributed by atoms with Crippen molar-refractivity contribution in [1.29, 1.82) is 0 Å². The molecular formula is C15H25NO7. The lowest BCUT2D eigenvalue weighted by Crippen LogP contribution is -2.49. The molecule has 0 heterocycles. The van der Waals surface area contributed by atoms with E-state index in [1.165, 1.54) is 13.8 Å². The van der Waals surface area contributed by atoms with Gasteiger partial charge >= 0.3 is 17.9 Å². The molecule has 0 spiro atoms. The van der Waals surface area contributed by atoms with Crippen molar-refractivity contribution >= 4 is 23.8 Å². The molecule has 0 unspecified atom stereocenters. The molecule has 0 aromatic heterocycles. The highest BCUT2D eigenvalue weighted by molar-refractivity contribution is 5.84. The maximum absolute atomic E-state index is 12.2. The zero-order chi connectivity index (χ0) is 18.0. The van der Waals surface area contributed by atoms with Gasteiger partial charge in [0, 0.05) is 25.8 Å². The predicted molar refractivity (Wildman–Crippen MR) is 80.2 cm³/mol. The number of ether oxygens (including phenoxy) is 3. The van der Waals surface area contributed by atoms with Gasteiger partial charge in [0.2, 0.25) is 0 Å². The van der Waals surface area contributed by atoms with E-state index in [1.807, 2.05) is 0 Å². The van der Waals surface area contributed by atoms with E-state index in [0.717, 1.165) is 0 Å². The average Bonchev–Trinajstić information content (AvgIpc) is 2.42. The minimum Gasteiger partial charge on any atom is -0.466 e. The van der Waals surface area contributed by atoms with Gasteiger partial charge in [-0.3, -0.25) is 19.2 Å². The molecular weight excluding hydrogens is 306 g/mol. The molecule has 0 saturated carbocycles. The zero-order valence-electron chi connectivity index (χ0n) is 14.3. The van der Waals surface area contributed by atoms with Crippen molar-refractivity contribution in [2.75, 3.05) is 19.8 Å². The number of amides is 1. The molecule has 1 N–H and O–H groups in total. The summed E-state index contributed by atoms with van der Waals surface area (Å²) in [6.07, 6.45) is -1.14. The summed E-state index contributed by atoms with van der Waals surface area (Å²) in [6.45, 7) is 7.60. The van der Waals surface area contributed by atoms with E-state index in [9.17, 15) is 19.2 Å². The Labute approximate surface area is 135 Å². The molecule has 0 radical (unpaired) electrons. The molecule has 0 aromatic carbocycles. The SMILES string of the molecule is CCOC(=O)CCNC(=O)[C@@H](OC(C)=O)C(C)(C)COC(C)=O. The Morgan fingerprint density at radius 2 is 1.65 bits per heavy atom. The van der Waals surface area contributed by atoms with Gasteiger partial charge in [0.25, 0.3) is 5.91 Å². The van der Waals surface area contributed by atoms with Crippen LogP contribution in [0, 0.1) is 5.41 Å². The summed E-state index contributed by atoms with van der Waals surface area (Å²) in [5.74, 6) is -2.13. The van der Waals surface area contributed by atoms with E-state index in [0.29, 0.717) is 0 Å². The van der Waals surface area contributed by atoms with Crippen LogP contribution in [0.1, 0.15) is 41.0 Å². The van der Waals surface area contributed by atoms with Gasteiger partial charge in [-0.2, -0.15) is 0 Å². The standard InChI is InChI=1S/C15H25NO7/c1-6-21-12(19)7-8-16-14(20)13(23-11(3)18)15(4,5)9-22-10(2)17/h13H,6-9H2,1-5H3,(H,16,20)/t13-/m1/s1. The molecule has 0 fully saturated rings. The molecule has 0 aliphatic rings. The van der Waals surface area contributed by atoms with Crippen molar-refractivity contribution in [3.8, 4) is 0 Å². The summed E-state index contributed by atoms with van der Waals surface area (Å²) in [4.78, 5) is 45.6. The topological polar surface area (TPSA) is 108 Å². The molecule has 0 aliphatic carbocycles. The third kappa shape index (κ3) is 8.80. The maximum Gasteiger partial charge on any atom is 0.307 e. The average molecular weight is 331 g/mol. The lowest BCUT2D eigenvalue weighted by atomic mass is 9.86. The molecule has 1 atom stereocenters. The van der Waals surface area contributed by atoms with Crippen LogP contribution in [0.2, 0.25) is 0 Å². The second kappa shape index (κ2) is 9.81. The first-order chi connectivity index (χ1) is 10.6. The summed E-state index contributed by atoms with van der Waals surface area (Å²) in [6, 6.07) is 0. The summed E-state index contributed by atoms with van der Waals surface area (Å²) in [5, 5.41) is 2.51. The van der Waals surface area contributed by atoms with Crippen molar-refractivity contribution in [1.82, 2.24) is 5.32 Å². The van der Waals surface area contributed by atoms with Crippen molar-refractivity contribution in [3.05, 3.63) is 0 Å². The first-order valence-corrected chi connectivity index (χ1v) is 7.34. The van der Waals surface area contributed by atoms with Crippen LogP contribution >= 0.6 is 0 Å². The molecule has 0 saturated heterocycles. The first-order valence-electron chi connectivity index (χ1n) is 7.34. The molecule has 0 aliphatic heterocycles. The smallest absolute Gasteiger partial charge is 0.307 e. The highest BCUT2D eigenvalue weighted by atomic mass is 16.6. The van der Waals surface area contributed by atoms with Crippen LogP contribution in [0.15, 0.2) is 0 Å². The fraction of sp³-hybridized carbons (Fsp3) is 0.733. The van der Waals surface area contributed by atoms with Gasteiger partial charge in [-0.1, -0.05) is 13.8 Å². The predicted octanol–water partition coefficient (Wildman–Crippen LogP) is 0.577. The Morgan fingerprint density at radius 1 is 1.04 bits per heavy atom. The van der Waals surface area contributed by atoms with Gasteiger partial charge in [0.05, 0.1) is 13.0 Å². The second-order valence-electron chi connectivity index (χ2n) is 5.60. The Hall–Kier alpha value is -2.12. The number of hydrogen-bond donors (Lipinski definition) is 1. The molecule has 0 rings (SSSR count). The van der Waals surface area contributed by atoms with Crippen LogP contribution in [-0.2, 0) is 33.4 Å². The van der Waals surface area contributed by atoms with Crippen LogP contribution < -0.4 is 5.32 Å². The van der Waals surface area contributed by atoms with Gasteiger partial charge in [0.1, 0.15) is 6.61 Å². The van der Waals surface area contributed by atoms with E-state index in [-0.39, 0.29) is 26.2 Å². The highest BCUT2D eigenvalue weighted by Crippen LogP contribution is 2.24. The van der Waals surface area contributed by atoms with Crippen molar-refractivity contribution < 1.29 is 33.4 Å². The summed E-state index contributed by atoms with van der Waals surface area (Å²) >= 11 is 0. The van der Waals surface area contributed by atoms with Crippen LogP contribution in [0.5, 0.6) is 0 Å². The number of hydrogen-bond acceptors (Lipinski definition) is 7. The number of carbonyl (C=O) groups is 4. The van der Waals surface area contributed by atoms with E-state index in [1.54, 1.807) is 20.8 Å². The van der Waals surface area contributed by atoms with Gasteiger partial charge in [0.15, 0.2) is 6.10 Å². The van der Waals surface area contributed by atoms with Crippen LogP contribution in [0.3, 0.4) is 0 Å². The number of rotatable bonds is 9. The van der Waals surface area contributed by atoms with Crippen LogP contribution in [0.4, 0.5) is 0 Å². The van der Waals surface area contributed by atoms with Gasteiger partial charge in [-0.05, 0) is 6.92 Å². The number of nitrogens with one attached hydrogen (secondary N) is 1. The van der Waals surface area contributed by atoms with Crippen molar-refractivity contribution in [2.45, 2.75) is 47.1 Å². The number of esters is 3. The van der Waals surface area contributed by atoms with E-state index in [2.05, 4.69) is 5.32 Å². The lowest BCUT2D eigenvalue weighted by Gasteiger charge is -2.31. The normalized spacial score (nSPS) is 12.0. The van der Waals surface area contributed by atoms with Gasteiger partial charge in [-0.15, -0.1) is 0 Å². The fourth-order valence-corrected chi connectivity index (χ4v) is 1.71. The third-order valence-corrected chi connectivity index (χ3v) is 2.81. The van der Waals surface area contributed by atoms with Gasteiger partial charge in [-0.25, -0.2) is 0 Å². The second-order valence-corrected chi connectivity index (χ2v) is 5.60. The van der Waals surface area contributed by atoms with E-state index in [4.69, 9.17) is 14.2 Å². The largest absolute Gasteiger partial charge is 0.466 e. The van der Waals surface area contributed by atoms with Crippen LogP contribution in [0.25, 0.3) is 0 Å². The zero-order valence-corrected chi connectivity index (χ0v) is 14.3. The number of carbonyl (C=O) groups excluding carboxylic acids is 4. The molecule has 132 valence electrons. The fourth-order valence-electron chi connectivity index (χ4n) is 1.71. The highest BCUT2D eigenvalue weighted by Gasteiger charge is 2.39. The molecule has 8 heteroatoms.